The van der Waals surface area contributed by atoms with Gasteiger partial charge in [-0.1, -0.05) is 6.07 Å². The van der Waals surface area contributed by atoms with E-state index in [4.69, 9.17) is 0 Å². The molecular formula is C15H19N4S+. The molecule has 0 amide bonds. The monoisotopic (exact) mass is 287 g/mol. The highest BCUT2D eigenvalue weighted by Crippen LogP contribution is 2.14. The Labute approximate surface area is 123 Å². The zero-order valence-corrected chi connectivity index (χ0v) is 12.4. The van der Waals surface area contributed by atoms with E-state index in [2.05, 4.69) is 50.5 Å². The fraction of sp³-hybridized carbons (Fsp3) is 0.333. The van der Waals surface area contributed by atoms with Crippen LogP contribution in [0, 0.1) is 6.92 Å². The van der Waals surface area contributed by atoms with Crippen LogP contribution in [0.15, 0.2) is 40.9 Å². The number of thiophene rings is 1. The molecule has 3 heterocycles. The van der Waals surface area contributed by atoms with Crippen LogP contribution < -0.4 is 9.88 Å². The van der Waals surface area contributed by atoms with Crippen molar-refractivity contribution in [3.8, 4) is 0 Å². The molecule has 1 aliphatic rings. The minimum Gasteiger partial charge on any atom is -0.289 e. The molecule has 3 rings (SSSR count). The van der Waals surface area contributed by atoms with E-state index in [1.807, 2.05) is 18.5 Å². The number of hydrazone groups is 1. The normalized spacial score (nSPS) is 16.1. The van der Waals surface area contributed by atoms with Crippen LogP contribution in [0.4, 0.5) is 5.82 Å². The van der Waals surface area contributed by atoms with Gasteiger partial charge in [-0.15, -0.1) is 11.3 Å². The average Bonchev–Trinajstić information content (AvgIpc) is 2.92. The van der Waals surface area contributed by atoms with E-state index in [9.17, 15) is 0 Å². The third kappa shape index (κ3) is 2.99. The second kappa shape index (κ2) is 6.05. The van der Waals surface area contributed by atoms with Gasteiger partial charge in [0.05, 0.1) is 25.5 Å². The fourth-order valence-corrected chi connectivity index (χ4v) is 3.06. The van der Waals surface area contributed by atoms with E-state index in [-0.39, 0.29) is 0 Å². The predicted molar refractivity (Wildman–Crippen MR) is 83.4 cm³/mol. The maximum atomic E-state index is 4.60. The highest BCUT2D eigenvalue weighted by molar-refractivity contribution is 7.11. The highest BCUT2D eigenvalue weighted by atomic mass is 32.1. The second-order valence-corrected chi connectivity index (χ2v) is 5.85. The minimum absolute atomic E-state index is 0.962. The summed E-state index contributed by atoms with van der Waals surface area (Å²) in [6, 6.07) is 8.33. The van der Waals surface area contributed by atoms with Crippen LogP contribution in [-0.4, -0.2) is 37.4 Å². The number of pyridine rings is 1. The van der Waals surface area contributed by atoms with Gasteiger partial charge in [0.1, 0.15) is 13.1 Å². The Kier molecular flexibility index (Phi) is 3.97. The SMILES string of the molecule is Cc1ccsc1C=NN1CCN(c2cccc[nH+]2)CC1. The highest BCUT2D eigenvalue weighted by Gasteiger charge is 2.21. The van der Waals surface area contributed by atoms with Crippen molar-refractivity contribution in [1.29, 1.82) is 0 Å². The van der Waals surface area contributed by atoms with E-state index in [1.165, 1.54) is 16.3 Å². The summed E-state index contributed by atoms with van der Waals surface area (Å²) in [5, 5.41) is 8.86. The van der Waals surface area contributed by atoms with Gasteiger partial charge in [-0.3, -0.25) is 9.91 Å². The largest absolute Gasteiger partial charge is 0.289 e. The Hall–Kier alpha value is -1.88. The molecule has 0 bridgehead atoms. The van der Waals surface area contributed by atoms with Gasteiger partial charge in [-0.05, 0) is 30.0 Å². The first kappa shape index (κ1) is 13.1. The van der Waals surface area contributed by atoms with Gasteiger partial charge >= 0.3 is 0 Å². The first-order valence-electron chi connectivity index (χ1n) is 6.87. The quantitative estimate of drug-likeness (QED) is 0.809. The molecule has 0 spiro atoms. The van der Waals surface area contributed by atoms with Crippen molar-refractivity contribution in [1.82, 2.24) is 5.01 Å². The van der Waals surface area contributed by atoms with Crippen molar-refractivity contribution >= 4 is 23.4 Å². The summed E-state index contributed by atoms with van der Waals surface area (Å²) in [6.07, 6.45) is 3.96. The number of nitrogens with zero attached hydrogens (tertiary/aromatic N) is 3. The molecule has 2 aromatic rings. The lowest BCUT2D eigenvalue weighted by molar-refractivity contribution is -0.364. The number of anilines is 1. The minimum atomic E-state index is 0.962. The third-order valence-electron chi connectivity index (χ3n) is 3.53. The number of aryl methyl sites for hydroxylation is 1. The molecule has 0 unspecified atom stereocenters. The summed E-state index contributed by atoms with van der Waals surface area (Å²) in [5.41, 5.74) is 1.30. The first-order valence-corrected chi connectivity index (χ1v) is 7.75. The molecule has 1 aliphatic heterocycles. The van der Waals surface area contributed by atoms with E-state index in [1.54, 1.807) is 11.3 Å². The van der Waals surface area contributed by atoms with E-state index >= 15 is 0 Å². The Morgan fingerprint density at radius 2 is 2.05 bits per heavy atom. The molecule has 0 atom stereocenters. The molecule has 1 saturated heterocycles. The van der Waals surface area contributed by atoms with Crippen LogP contribution in [-0.2, 0) is 0 Å². The number of hydrogen-bond donors (Lipinski definition) is 0. The van der Waals surface area contributed by atoms with Crippen LogP contribution in [0.2, 0.25) is 0 Å². The standard InChI is InChI=1S/C15H18N4S/c1-13-5-11-20-14(13)12-17-19-9-7-18(8-10-19)15-4-2-3-6-16-15/h2-6,11-12H,7-10H2,1H3/p+1. The number of aromatic amines is 1. The second-order valence-electron chi connectivity index (χ2n) is 4.90. The molecule has 4 nitrogen and oxygen atoms in total. The molecule has 0 aromatic carbocycles. The zero-order valence-electron chi connectivity index (χ0n) is 11.6. The lowest BCUT2D eigenvalue weighted by atomic mass is 10.3. The third-order valence-corrected chi connectivity index (χ3v) is 4.48. The Balaban J connectivity index is 1.57. The van der Waals surface area contributed by atoms with Crippen LogP contribution in [0.25, 0.3) is 0 Å². The predicted octanol–water partition coefficient (Wildman–Crippen LogP) is 2.03. The molecular weight excluding hydrogens is 268 g/mol. The lowest BCUT2D eigenvalue weighted by Gasteiger charge is -2.28. The number of rotatable bonds is 3. The van der Waals surface area contributed by atoms with Gasteiger partial charge in [0, 0.05) is 10.9 Å². The van der Waals surface area contributed by atoms with Crippen molar-refractivity contribution in [3.05, 3.63) is 46.3 Å². The van der Waals surface area contributed by atoms with Crippen molar-refractivity contribution in [2.75, 3.05) is 31.1 Å². The zero-order chi connectivity index (χ0) is 13.8. The van der Waals surface area contributed by atoms with Crippen LogP contribution >= 0.6 is 11.3 Å². The van der Waals surface area contributed by atoms with Gasteiger partial charge in [-0.2, -0.15) is 5.10 Å². The molecule has 0 radical (unpaired) electrons. The molecule has 20 heavy (non-hydrogen) atoms. The summed E-state index contributed by atoms with van der Waals surface area (Å²) < 4.78 is 0. The topological polar surface area (TPSA) is 33.0 Å². The summed E-state index contributed by atoms with van der Waals surface area (Å²) in [4.78, 5) is 6.90. The Morgan fingerprint density at radius 3 is 2.70 bits per heavy atom. The summed E-state index contributed by atoms with van der Waals surface area (Å²) in [5.74, 6) is 1.19. The average molecular weight is 287 g/mol. The van der Waals surface area contributed by atoms with Crippen molar-refractivity contribution in [2.24, 2.45) is 5.10 Å². The molecule has 5 heteroatoms. The van der Waals surface area contributed by atoms with Gasteiger partial charge in [0.25, 0.3) is 5.82 Å². The van der Waals surface area contributed by atoms with Crippen molar-refractivity contribution < 1.29 is 4.98 Å². The van der Waals surface area contributed by atoms with Gasteiger partial charge in [0.2, 0.25) is 0 Å². The number of piperazine rings is 1. The van der Waals surface area contributed by atoms with Crippen molar-refractivity contribution in [3.63, 3.8) is 0 Å². The summed E-state index contributed by atoms with van der Waals surface area (Å²) >= 11 is 1.74. The van der Waals surface area contributed by atoms with Gasteiger partial charge in [-0.25, -0.2) is 4.98 Å². The smallest absolute Gasteiger partial charge is 0.274 e. The molecule has 104 valence electrons. The lowest BCUT2D eigenvalue weighted by Crippen LogP contribution is -2.45. The number of hydrogen-bond acceptors (Lipinski definition) is 4. The summed E-state index contributed by atoms with van der Waals surface area (Å²) in [6.45, 7) is 6.05. The molecule has 0 saturated carbocycles. The number of nitrogens with one attached hydrogen (secondary N) is 1. The maximum absolute atomic E-state index is 4.60. The molecule has 1 N–H and O–H groups in total. The maximum Gasteiger partial charge on any atom is 0.274 e. The van der Waals surface area contributed by atoms with E-state index in [0.717, 1.165) is 26.2 Å². The Morgan fingerprint density at radius 1 is 1.20 bits per heavy atom. The van der Waals surface area contributed by atoms with E-state index < -0.39 is 0 Å². The molecule has 0 aliphatic carbocycles. The van der Waals surface area contributed by atoms with Gasteiger partial charge < -0.3 is 0 Å². The fourth-order valence-electron chi connectivity index (χ4n) is 2.28. The van der Waals surface area contributed by atoms with Gasteiger partial charge in [0.15, 0.2) is 0 Å². The van der Waals surface area contributed by atoms with Crippen LogP contribution in [0.1, 0.15) is 10.4 Å². The number of H-pyrrole nitrogens is 1. The first-order chi connectivity index (χ1) is 9.83. The van der Waals surface area contributed by atoms with Crippen molar-refractivity contribution in [2.45, 2.75) is 6.92 Å². The molecule has 2 aromatic heterocycles. The molecule has 1 fully saturated rings. The van der Waals surface area contributed by atoms with Crippen LogP contribution in [0.5, 0.6) is 0 Å². The number of aromatic nitrogens is 1. The summed E-state index contributed by atoms with van der Waals surface area (Å²) in [7, 11) is 0. The Bertz CT molecular complexity index is 571. The van der Waals surface area contributed by atoms with E-state index in [0.29, 0.717) is 0 Å². The van der Waals surface area contributed by atoms with Crippen LogP contribution in [0.3, 0.4) is 0 Å².